The zero-order valence-electron chi connectivity index (χ0n) is 16.0. The number of fused-ring (bicyclic) bond motifs is 1. The van der Waals surface area contributed by atoms with Gasteiger partial charge in [0, 0.05) is 43.2 Å². The van der Waals surface area contributed by atoms with Crippen LogP contribution in [-0.2, 0) is 9.53 Å². The molecule has 1 aliphatic heterocycles. The van der Waals surface area contributed by atoms with Gasteiger partial charge in [-0.1, -0.05) is 0 Å². The van der Waals surface area contributed by atoms with Crippen LogP contribution in [0.25, 0.3) is 11.0 Å². The molecule has 2 heterocycles. The van der Waals surface area contributed by atoms with Gasteiger partial charge in [-0.2, -0.15) is 0 Å². The number of hydrogen-bond donors (Lipinski definition) is 1. The van der Waals surface area contributed by atoms with Crippen molar-refractivity contribution in [3.05, 3.63) is 39.7 Å². The second-order valence-corrected chi connectivity index (χ2v) is 6.80. The number of morpholine rings is 1. The van der Waals surface area contributed by atoms with Gasteiger partial charge in [-0.3, -0.25) is 9.69 Å². The highest BCUT2D eigenvalue weighted by atomic mass is 16.5. The minimum Gasteiger partial charge on any atom is -0.481 e. The van der Waals surface area contributed by atoms with E-state index in [1.807, 2.05) is 13.0 Å². The highest BCUT2D eigenvalue weighted by Crippen LogP contribution is 2.24. The summed E-state index contributed by atoms with van der Waals surface area (Å²) in [6.07, 6.45) is -0.648. The standard InChI is InChI=1S/C20H26N2O5/c1-13-14(2)20(24)27-18-12-16(4-5-17(13)18)26-15(3)19(23)21-6-7-22-8-10-25-11-9-22/h4-5,12,15H,6-11H2,1-3H3,(H,21,23). The number of amides is 1. The molecule has 7 heteroatoms. The molecule has 0 aliphatic carbocycles. The fraction of sp³-hybridized carbons (Fsp3) is 0.500. The Morgan fingerprint density at radius 1 is 1.26 bits per heavy atom. The number of benzene rings is 1. The zero-order chi connectivity index (χ0) is 19.4. The highest BCUT2D eigenvalue weighted by Gasteiger charge is 2.16. The van der Waals surface area contributed by atoms with Gasteiger partial charge < -0.3 is 19.2 Å². The van der Waals surface area contributed by atoms with Gasteiger partial charge in [-0.05, 0) is 38.5 Å². The lowest BCUT2D eigenvalue weighted by Crippen LogP contribution is -2.43. The molecular formula is C20H26N2O5. The maximum Gasteiger partial charge on any atom is 0.339 e. The van der Waals surface area contributed by atoms with Gasteiger partial charge in [0.15, 0.2) is 6.10 Å². The van der Waals surface area contributed by atoms with Gasteiger partial charge >= 0.3 is 5.63 Å². The molecule has 1 atom stereocenters. The molecule has 1 amide bonds. The predicted octanol–water partition coefficient (Wildman–Crippen LogP) is 1.63. The first-order chi connectivity index (χ1) is 13.0. The van der Waals surface area contributed by atoms with Crippen molar-refractivity contribution in [2.24, 2.45) is 0 Å². The van der Waals surface area contributed by atoms with Crippen LogP contribution in [0, 0.1) is 13.8 Å². The molecule has 1 fully saturated rings. The van der Waals surface area contributed by atoms with Crippen molar-refractivity contribution in [3.63, 3.8) is 0 Å². The van der Waals surface area contributed by atoms with E-state index < -0.39 is 6.10 Å². The van der Waals surface area contributed by atoms with E-state index in [-0.39, 0.29) is 11.5 Å². The molecule has 2 aromatic rings. The van der Waals surface area contributed by atoms with Crippen molar-refractivity contribution >= 4 is 16.9 Å². The largest absolute Gasteiger partial charge is 0.481 e. The number of hydrogen-bond acceptors (Lipinski definition) is 6. The van der Waals surface area contributed by atoms with Gasteiger partial charge in [0.1, 0.15) is 11.3 Å². The first kappa shape index (κ1) is 19.4. The van der Waals surface area contributed by atoms with E-state index in [2.05, 4.69) is 10.2 Å². The lowest BCUT2D eigenvalue weighted by molar-refractivity contribution is -0.127. The zero-order valence-corrected chi connectivity index (χ0v) is 16.0. The Morgan fingerprint density at radius 3 is 2.74 bits per heavy atom. The number of nitrogens with one attached hydrogen (secondary N) is 1. The van der Waals surface area contributed by atoms with Crippen LogP contribution in [0.15, 0.2) is 27.4 Å². The quantitative estimate of drug-likeness (QED) is 0.774. The molecule has 1 N–H and O–H groups in total. The third-order valence-corrected chi connectivity index (χ3v) is 4.94. The molecule has 1 saturated heterocycles. The van der Waals surface area contributed by atoms with Crippen molar-refractivity contribution < 1.29 is 18.7 Å². The molecular weight excluding hydrogens is 348 g/mol. The molecule has 1 aliphatic rings. The number of nitrogens with zero attached hydrogens (tertiary/aromatic N) is 1. The Balaban J connectivity index is 1.58. The summed E-state index contributed by atoms with van der Waals surface area (Å²) in [5.41, 5.74) is 1.59. The first-order valence-corrected chi connectivity index (χ1v) is 9.24. The van der Waals surface area contributed by atoms with Gasteiger partial charge in [0.25, 0.3) is 5.91 Å². The predicted molar refractivity (Wildman–Crippen MR) is 102 cm³/mol. The van der Waals surface area contributed by atoms with Crippen LogP contribution in [0.3, 0.4) is 0 Å². The fourth-order valence-corrected chi connectivity index (χ4v) is 3.07. The van der Waals surface area contributed by atoms with Gasteiger partial charge in [0.2, 0.25) is 0 Å². The smallest absolute Gasteiger partial charge is 0.339 e. The molecule has 0 spiro atoms. The van der Waals surface area contributed by atoms with E-state index in [0.717, 1.165) is 43.8 Å². The van der Waals surface area contributed by atoms with Crippen LogP contribution >= 0.6 is 0 Å². The van der Waals surface area contributed by atoms with Crippen LogP contribution in [0.4, 0.5) is 0 Å². The maximum atomic E-state index is 12.3. The van der Waals surface area contributed by atoms with Crippen molar-refractivity contribution in [1.82, 2.24) is 10.2 Å². The van der Waals surface area contributed by atoms with Crippen LogP contribution < -0.4 is 15.7 Å². The Bertz CT molecular complexity index is 871. The molecule has 1 aromatic heterocycles. The van der Waals surface area contributed by atoms with Crippen molar-refractivity contribution in [1.29, 1.82) is 0 Å². The number of ether oxygens (including phenoxy) is 2. The third-order valence-electron chi connectivity index (χ3n) is 4.94. The van der Waals surface area contributed by atoms with Crippen molar-refractivity contribution in [2.75, 3.05) is 39.4 Å². The molecule has 3 rings (SSSR count). The fourth-order valence-electron chi connectivity index (χ4n) is 3.07. The minimum absolute atomic E-state index is 0.176. The summed E-state index contributed by atoms with van der Waals surface area (Å²) >= 11 is 0. The Hall–Kier alpha value is -2.38. The third kappa shape index (κ3) is 4.67. The average molecular weight is 374 g/mol. The Kier molecular flexibility index (Phi) is 6.13. The minimum atomic E-state index is -0.648. The van der Waals surface area contributed by atoms with Crippen LogP contribution in [-0.4, -0.2) is 56.3 Å². The van der Waals surface area contributed by atoms with E-state index in [4.69, 9.17) is 13.9 Å². The summed E-state index contributed by atoms with van der Waals surface area (Å²) in [7, 11) is 0. The maximum absolute atomic E-state index is 12.3. The summed E-state index contributed by atoms with van der Waals surface area (Å²) in [6.45, 7) is 9.96. The lowest BCUT2D eigenvalue weighted by Gasteiger charge is -2.26. The summed E-state index contributed by atoms with van der Waals surface area (Å²) in [5.74, 6) is 0.314. The summed E-state index contributed by atoms with van der Waals surface area (Å²) in [6, 6.07) is 5.28. The second kappa shape index (κ2) is 8.54. The summed E-state index contributed by atoms with van der Waals surface area (Å²) in [4.78, 5) is 26.4. The van der Waals surface area contributed by atoms with Gasteiger partial charge in [0.05, 0.1) is 13.2 Å². The van der Waals surface area contributed by atoms with Crippen LogP contribution in [0.2, 0.25) is 0 Å². The molecule has 27 heavy (non-hydrogen) atoms. The lowest BCUT2D eigenvalue weighted by atomic mass is 10.1. The first-order valence-electron chi connectivity index (χ1n) is 9.24. The normalized spacial score (nSPS) is 16.3. The molecule has 146 valence electrons. The topological polar surface area (TPSA) is 81.0 Å². The molecule has 1 unspecified atom stereocenters. The van der Waals surface area contributed by atoms with Crippen molar-refractivity contribution in [2.45, 2.75) is 26.9 Å². The van der Waals surface area contributed by atoms with E-state index >= 15 is 0 Å². The second-order valence-electron chi connectivity index (χ2n) is 6.80. The number of carbonyl (C=O) groups excluding carboxylic acids is 1. The molecule has 0 bridgehead atoms. The monoisotopic (exact) mass is 374 g/mol. The molecule has 7 nitrogen and oxygen atoms in total. The van der Waals surface area contributed by atoms with E-state index in [9.17, 15) is 9.59 Å². The molecule has 0 radical (unpaired) electrons. The SMILES string of the molecule is Cc1c(C)c2ccc(OC(C)C(=O)NCCN3CCOCC3)cc2oc1=O. The Labute approximate surface area is 158 Å². The number of carbonyl (C=O) groups is 1. The van der Waals surface area contributed by atoms with Crippen LogP contribution in [0.1, 0.15) is 18.1 Å². The van der Waals surface area contributed by atoms with Gasteiger partial charge in [-0.25, -0.2) is 4.79 Å². The summed E-state index contributed by atoms with van der Waals surface area (Å²) < 4.78 is 16.4. The number of aryl methyl sites for hydroxylation is 1. The van der Waals surface area contributed by atoms with Gasteiger partial charge in [-0.15, -0.1) is 0 Å². The van der Waals surface area contributed by atoms with Crippen molar-refractivity contribution in [3.8, 4) is 5.75 Å². The molecule has 0 saturated carbocycles. The van der Waals surface area contributed by atoms with E-state index in [1.165, 1.54) is 0 Å². The Morgan fingerprint density at radius 2 is 2.00 bits per heavy atom. The molecule has 1 aromatic carbocycles. The summed E-state index contributed by atoms with van der Waals surface area (Å²) in [5, 5.41) is 3.76. The van der Waals surface area contributed by atoms with Crippen LogP contribution in [0.5, 0.6) is 5.75 Å². The number of rotatable bonds is 6. The average Bonchev–Trinajstić information content (AvgIpc) is 2.67. The highest BCUT2D eigenvalue weighted by molar-refractivity contribution is 5.83. The van der Waals surface area contributed by atoms with E-state index in [0.29, 0.717) is 23.4 Å². The van der Waals surface area contributed by atoms with E-state index in [1.54, 1.807) is 26.0 Å².